The quantitative estimate of drug-likeness (QED) is 0.123. The number of hydrogen-bond acceptors (Lipinski definition) is 1. The third kappa shape index (κ3) is 5.74. The highest BCUT2D eigenvalue weighted by atomic mass is 16.5. The summed E-state index contributed by atoms with van der Waals surface area (Å²) in [7, 11) is 0. The predicted molar refractivity (Wildman–Crippen MR) is 339 cm³/mol. The second kappa shape index (κ2) is 15.4. The summed E-state index contributed by atoms with van der Waals surface area (Å²) in [6, 6.07) is 82.8. The van der Waals surface area contributed by atoms with Crippen molar-refractivity contribution in [3.05, 3.63) is 241 Å². The number of para-hydroxylation sites is 1. The van der Waals surface area contributed by atoms with Gasteiger partial charge in [0.2, 0.25) is 0 Å². The Morgan fingerprint density at radius 2 is 0.658 bits per heavy atom. The molecule has 0 radical (unpaired) electrons. The second-order valence-corrected chi connectivity index (χ2v) is 22.9. The van der Waals surface area contributed by atoms with E-state index in [1.807, 2.05) is 30.3 Å². The summed E-state index contributed by atoms with van der Waals surface area (Å²) in [5.74, 6) is 1.65. The van der Waals surface area contributed by atoms with Gasteiger partial charge in [0, 0.05) is 0 Å². The van der Waals surface area contributed by atoms with Gasteiger partial charge in [0.05, 0.1) is 0 Å². The van der Waals surface area contributed by atoms with Crippen LogP contribution in [0.3, 0.4) is 0 Å². The molecule has 0 unspecified atom stereocenters. The van der Waals surface area contributed by atoms with Crippen molar-refractivity contribution >= 4 is 118 Å². The maximum absolute atomic E-state index is 6.50. The Morgan fingerprint density at radius 3 is 1.29 bits per heavy atom. The van der Waals surface area contributed by atoms with E-state index in [9.17, 15) is 0 Å². The molecule has 1 aliphatic rings. The first kappa shape index (κ1) is 43.3. The van der Waals surface area contributed by atoms with Crippen LogP contribution in [0.4, 0.5) is 0 Å². The van der Waals surface area contributed by atoms with E-state index < -0.39 is 0 Å². The molecule has 0 aliphatic heterocycles. The SMILES string of the molecule is Cc1cc(C)cc(-c2c3c(c(-c4cc(C)cc(C)c4)c4cc5cc(Oc6ccccc6)ccc5cc24)-c2ccc4c5ccc6c7c(ccc(c8ccc-3c2c84)c57)c2c(-c3ccccc3)c3cccc4c5ccccc5c(c34)c62)c1. The van der Waals surface area contributed by atoms with Crippen LogP contribution in [-0.2, 0) is 0 Å². The molecular formula is C78H48O. The van der Waals surface area contributed by atoms with Gasteiger partial charge in [-0.15, -0.1) is 0 Å². The molecule has 17 aromatic carbocycles. The van der Waals surface area contributed by atoms with Gasteiger partial charge in [-0.2, -0.15) is 0 Å². The van der Waals surface area contributed by atoms with E-state index in [4.69, 9.17) is 4.74 Å². The van der Waals surface area contributed by atoms with E-state index in [0.717, 1.165) is 16.9 Å². The summed E-state index contributed by atoms with van der Waals surface area (Å²) < 4.78 is 6.50. The highest BCUT2D eigenvalue weighted by molar-refractivity contribution is 6.51. The molecule has 0 N–H and O–H groups in total. The van der Waals surface area contributed by atoms with Crippen molar-refractivity contribution in [2.24, 2.45) is 0 Å². The smallest absolute Gasteiger partial charge is 0.128 e. The van der Waals surface area contributed by atoms with E-state index in [0.29, 0.717) is 0 Å². The Kier molecular flexibility index (Phi) is 8.46. The van der Waals surface area contributed by atoms with Crippen molar-refractivity contribution < 1.29 is 4.74 Å². The zero-order chi connectivity index (χ0) is 52.1. The molecule has 18 rings (SSSR count). The standard InChI is InChI=1S/C78H48O/c1-41-32-42(2)35-48(34-41)67-64-39-46-22-23-51(79-50-16-9-6-10-17-50)38-47(46)40-65(64)68(49-36-43(3)33-44(4)37-49)77-62-30-26-56-58-27-31-63-73-60(28-24-57(70(58)73)55-25-29-61(76(67)77)72(62)69(55)56)75-66(45-14-7-5-8-15-45)59-21-13-20-53-52-18-11-12-19-54(52)74(71(53)59)78(63)75/h5-40H,1-4H3. The van der Waals surface area contributed by atoms with Crippen LogP contribution in [0.25, 0.3) is 174 Å². The topological polar surface area (TPSA) is 9.23 Å². The van der Waals surface area contributed by atoms with Crippen molar-refractivity contribution in [3.63, 3.8) is 0 Å². The summed E-state index contributed by atoms with van der Waals surface area (Å²) in [5, 5.41) is 28.9. The lowest BCUT2D eigenvalue weighted by molar-refractivity contribution is 0.483. The lowest BCUT2D eigenvalue weighted by Gasteiger charge is -2.22. The summed E-state index contributed by atoms with van der Waals surface area (Å²) in [5.41, 5.74) is 17.9. The van der Waals surface area contributed by atoms with E-state index in [2.05, 4.69) is 216 Å². The van der Waals surface area contributed by atoms with Gasteiger partial charge in [-0.3, -0.25) is 0 Å². The van der Waals surface area contributed by atoms with Crippen LogP contribution >= 0.6 is 0 Å². The van der Waals surface area contributed by atoms with Crippen molar-refractivity contribution in [2.45, 2.75) is 27.7 Å². The fourth-order valence-electron chi connectivity index (χ4n) is 15.4. The number of benzene rings is 15. The van der Waals surface area contributed by atoms with Gasteiger partial charge in [-0.25, -0.2) is 0 Å². The first-order valence-electron chi connectivity index (χ1n) is 27.8. The molecule has 0 fully saturated rings. The van der Waals surface area contributed by atoms with Gasteiger partial charge in [0.15, 0.2) is 0 Å². The number of fused-ring (bicyclic) bond motifs is 14. The zero-order valence-corrected chi connectivity index (χ0v) is 44.2. The van der Waals surface area contributed by atoms with Gasteiger partial charge in [0.1, 0.15) is 11.5 Å². The van der Waals surface area contributed by atoms with Gasteiger partial charge < -0.3 is 4.74 Å². The van der Waals surface area contributed by atoms with Crippen LogP contribution < -0.4 is 4.74 Å². The molecule has 0 atom stereocenters. The Bertz CT molecular complexity index is 5470. The summed E-state index contributed by atoms with van der Waals surface area (Å²) in [6.07, 6.45) is 0. The number of hydrogen-bond donors (Lipinski definition) is 0. The van der Waals surface area contributed by atoms with E-state index in [-0.39, 0.29) is 0 Å². The molecule has 0 spiro atoms. The molecule has 1 aliphatic carbocycles. The first-order valence-corrected chi connectivity index (χ1v) is 27.8. The van der Waals surface area contributed by atoms with E-state index in [1.54, 1.807) is 0 Å². The molecule has 0 saturated heterocycles. The molecule has 1 heteroatoms. The summed E-state index contributed by atoms with van der Waals surface area (Å²) >= 11 is 0. The molecule has 79 heavy (non-hydrogen) atoms. The van der Waals surface area contributed by atoms with Crippen LogP contribution in [0.15, 0.2) is 218 Å². The number of aryl methyl sites for hydroxylation is 4. The summed E-state index contributed by atoms with van der Waals surface area (Å²) in [6.45, 7) is 8.97. The molecule has 0 saturated carbocycles. The van der Waals surface area contributed by atoms with Crippen LogP contribution in [-0.4, -0.2) is 0 Å². The Labute approximate surface area is 456 Å². The Morgan fingerprint density at radius 1 is 0.215 bits per heavy atom. The number of ether oxygens (including phenoxy) is 1. The van der Waals surface area contributed by atoms with Crippen molar-refractivity contribution in [1.82, 2.24) is 0 Å². The van der Waals surface area contributed by atoms with Gasteiger partial charge in [-0.05, 0) is 238 Å². The molecule has 0 bridgehead atoms. The normalized spacial score (nSPS) is 12.6. The molecule has 0 heterocycles. The van der Waals surface area contributed by atoms with Crippen molar-refractivity contribution in [3.8, 4) is 67.1 Å². The van der Waals surface area contributed by atoms with Crippen LogP contribution in [0.1, 0.15) is 22.3 Å². The van der Waals surface area contributed by atoms with Crippen molar-refractivity contribution in [1.29, 1.82) is 0 Å². The molecular weight excluding hydrogens is 953 g/mol. The molecule has 17 aromatic rings. The zero-order valence-electron chi connectivity index (χ0n) is 44.2. The predicted octanol–water partition coefficient (Wildman–Crippen LogP) is 22.4. The largest absolute Gasteiger partial charge is 0.457 e. The van der Waals surface area contributed by atoms with Crippen LogP contribution in [0.2, 0.25) is 0 Å². The van der Waals surface area contributed by atoms with E-state index in [1.165, 1.54) is 191 Å². The third-order valence-corrected chi connectivity index (χ3v) is 18.1. The second-order valence-electron chi connectivity index (χ2n) is 22.9. The lowest BCUT2D eigenvalue weighted by atomic mass is 9.81. The van der Waals surface area contributed by atoms with Gasteiger partial charge >= 0.3 is 0 Å². The minimum absolute atomic E-state index is 0.825. The molecule has 1 nitrogen and oxygen atoms in total. The third-order valence-electron chi connectivity index (χ3n) is 18.1. The Balaban J connectivity index is 0.980. The minimum Gasteiger partial charge on any atom is -0.457 e. The summed E-state index contributed by atoms with van der Waals surface area (Å²) in [4.78, 5) is 0. The average molecular weight is 1000 g/mol. The highest BCUT2D eigenvalue weighted by Gasteiger charge is 2.34. The molecule has 366 valence electrons. The first-order chi connectivity index (χ1) is 38.8. The molecule has 0 aromatic heterocycles. The van der Waals surface area contributed by atoms with Gasteiger partial charge in [0.25, 0.3) is 0 Å². The maximum atomic E-state index is 6.50. The van der Waals surface area contributed by atoms with Gasteiger partial charge in [-0.1, -0.05) is 204 Å². The van der Waals surface area contributed by atoms with Crippen LogP contribution in [0, 0.1) is 27.7 Å². The Hall–Kier alpha value is -9.82. The minimum atomic E-state index is 0.825. The average Bonchev–Trinajstić information content (AvgIpc) is 2.97. The van der Waals surface area contributed by atoms with Crippen LogP contribution in [0.5, 0.6) is 11.5 Å². The number of rotatable bonds is 5. The van der Waals surface area contributed by atoms with Crippen molar-refractivity contribution in [2.75, 3.05) is 0 Å². The molecule has 0 amide bonds. The highest BCUT2D eigenvalue weighted by Crippen LogP contribution is 2.61. The fraction of sp³-hybridized carbons (Fsp3) is 0.0513. The maximum Gasteiger partial charge on any atom is 0.128 e. The lowest BCUT2D eigenvalue weighted by Crippen LogP contribution is -1.96. The van der Waals surface area contributed by atoms with E-state index >= 15 is 0 Å². The monoisotopic (exact) mass is 1000 g/mol. The fourth-order valence-corrected chi connectivity index (χ4v) is 15.4.